The summed E-state index contributed by atoms with van der Waals surface area (Å²) in [6.45, 7) is 14.1. The quantitative estimate of drug-likeness (QED) is 0.0321. The average molecular weight is 944 g/mol. The number of aliphatic hydroxyl groups excluding tert-OH is 2. The van der Waals surface area contributed by atoms with Gasteiger partial charge in [0.2, 0.25) is 59.1 Å². The second kappa shape index (κ2) is 29.6. The minimum Gasteiger partial charge on any atom is -0.480 e. The summed E-state index contributed by atoms with van der Waals surface area (Å²) in [6.07, 6.45) is -2.33. The van der Waals surface area contributed by atoms with Crippen LogP contribution in [-0.2, 0) is 52.7 Å². The Morgan fingerprint density at radius 1 is 0.485 bits per heavy atom. The van der Waals surface area contributed by atoms with Crippen molar-refractivity contribution in [2.75, 3.05) is 19.7 Å². The summed E-state index contributed by atoms with van der Waals surface area (Å²) in [7, 11) is 0. The fourth-order valence-electron chi connectivity index (χ4n) is 6.15. The van der Waals surface area contributed by atoms with Gasteiger partial charge >= 0.3 is 5.97 Å². The van der Waals surface area contributed by atoms with Crippen molar-refractivity contribution < 1.29 is 68.1 Å². The largest absolute Gasteiger partial charge is 0.480 e. The van der Waals surface area contributed by atoms with Gasteiger partial charge in [0.05, 0.1) is 32.2 Å². The molecule has 0 aliphatic heterocycles. The van der Waals surface area contributed by atoms with Crippen LogP contribution in [0.4, 0.5) is 0 Å². The van der Waals surface area contributed by atoms with Crippen LogP contribution < -0.4 is 59.3 Å². The van der Waals surface area contributed by atoms with Crippen molar-refractivity contribution in [2.24, 2.45) is 35.1 Å². The maximum atomic E-state index is 13.7. The van der Waals surface area contributed by atoms with E-state index in [1.807, 2.05) is 0 Å². The highest BCUT2D eigenvalue weighted by Crippen LogP contribution is 2.11. The van der Waals surface area contributed by atoms with Crippen LogP contribution in [0.1, 0.15) is 94.9 Å². The van der Waals surface area contributed by atoms with Crippen LogP contribution in [-0.4, -0.2) is 154 Å². The molecule has 0 spiro atoms. The van der Waals surface area contributed by atoms with Gasteiger partial charge in [-0.3, -0.25) is 47.9 Å². The molecule has 0 radical (unpaired) electrons. The van der Waals surface area contributed by atoms with Crippen molar-refractivity contribution in [3.63, 3.8) is 0 Å². The van der Waals surface area contributed by atoms with Crippen molar-refractivity contribution in [3.05, 3.63) is 0 Å². The number of hydrogen-bond acceptors (Lipinski definition) is 14. The lowest BCUT2D eigenvalue weighted by molar-refractivity contribution is -0.143. The summed E-state index contributed by atoms with van der Waals surface area (Å²) in [4.78, 5) is 141. The van der Waals surface area contributed by atoms with Crippen LogP contribution in [0.5, 0.6) is 0 Å². The standard InChI is InChI=1S/C41H73N11O14/c1-18(2)11-24(46-31(57)16-44-35(59)28(17-53)50-39(63)32(21(7)8)51-34(58)22(9)45-30(56)15-42)36(60)47-25(12-19(3)4)38(62)52-33(23(10)54)40(64)48-26(14-29(43)55)37(61)49-27(41(65)66)13-20(5)6/h18-28,32-33,53-54H,11-17,42H2,1-10H3,(H2,43,55)(H,44,59)(H,45,56)(H,46,57)(H,47,60)(H,48,64)(H,49,61)(H,50,63)(H,51,58)(H,52,62)(H,65,66). The number of carboxylic acid groups (broad SMARTS) is 1. The van der Waals surface area contributed by atoms with Gasteiger partial charge in [0, 0.05) is 0 Å². The molecule has 66 heavy (non-hydrogen) atoms. The van der Waals surface area contributed by atoms with Crippen LogP contribution in [0, 0.1) is 23.7 Å². The van der Waals surface area contributed by atoms with Crippen molar-refractivity contribution in [1.29, 1.82) is 0 Å². The zero-order valence-corrected chi connectivity index (χ0v) is 39.4. The number of amides is 10. The first kappa shape index (κ1) is 60.1. The van der Waals surface area contributed by atoms with E-state index in [0.717, 1.165) is 6.92 Å². The molecule has 25 nitrogen and oxygen atoms in total. The number of primary amides is 1. The van der Waals surface area contributed by atoms with Gasteiger partial charge in [-0.05, 0) is 56.8 Å². The summed E-state index contributed by atoms with van der Waals surface area (Å²) >= 11 is 0. The van der Waals surface area contributed by atoms with Gasteiger partial charge in [-0.2, -0.15) is 0 Å². The zero-order valence-electron chi connectivity index (χ0n) is 39.4. The highest BCUT2D eigenvalue weighted by atomic mass is 16.4. The Kier molecular flexibility index (Phi) is 26.9. The fraction of sp³-hybridized carbons (Fsp3) is 0.732. The van der Waals surface area contributed by atoms with Crippen LogP contribution in [0.15, 0.2) is 0 Å². The average Bonchev–Trinajstić information content (AvgIpc) is 3.20. The topological polar surface area (TPSA) is 409 Å². The number of carboxylic acids is 1. The normalized spacial score (nSPS) is 15.3. The van der Waals surface area contributed by atoms with Crippen molar-refractivity contribution in [3.8, 4) is 0 Å². The van der Waals surface area contributed by atoms with Gasteiger partial charge in [-0.25, -0.2) is 4.79 Å². The highest BCUT2D eigenvalue weighted by Gasteiger charge is 2.36. The molecular formula is C41H73N11O14. The van der Waals surface area contributed by atoms with Crippen molar-refractivity contribution in [1.82, 2.24) is 47.9 Å². The molecule has 9 unspecified atom stereocenters. The number of rotatable bonds is 30. The van der Waals surface area contributed by atoms with Gasteiger partial charge in [0.25, 0.3) is 0 Å². The molecule has 0 heterocycles. The molecule has 376 valence electrons. The van der Waals surface area contributed by atoms with Gasteiger partial charge in [0.1, 0.15) is 48.3 Å². The molecule has 0 aliphatic carbocycles. The Morgan fingerprint density at radius 3 is 1.36 bits per heavy atom. The summed E-state index contributed by atoms with van der Waals surface area (Å²) in [5, 5.41) is 51.3. The van der Waals surface area contributed by atoms with E-state index in [0.29, 0.717) is 0 Å². The number of nitrogens with two attached hydrogens (primary N) is 2. The molecule has 0 bridgehead atoms. The smallest absolute Gasteiger partial charge is 0.326 e. The Balaban J connectivity index is 6.02. The highest BCUT2D eigenvalue weighted by molar-refractivity contribution is 5.98. The molecule has 0 aromatic rings. The monoisotopic (exact) mass is 944 g/mol. The van der Waals surface area contributed by atoms with Gasteiger partial charge in [0.15, 0.2) is 0 Å². The summed E-state index contributed by atoms with van der Waals surface area (Å²) in [5.74, 6) is -11.6. The second-order valence-electron chi connectivity index (χ2n) is 17.6. The third kappa shape index (κ3) is 22.8. The maximum Gasteiger partial charge on any atom is 0.326 e. The first-order valence-electron chi connectivity index (χ1n) is 21.7. The van der Waals surface area contributed by atoms with Crippen LogP contribution in [0.25, 0.3) is 0 Å². The Morgan fingerprint density at radius 2 is 0.909 bits per heavy atom. The molecule has 10 amide bonds. The molecule has 0 saturated carbocycles. The predicted molar refractivity (Wildman–Crippen MR) is 237 cm³/mol. The summed E-state index contributed by atoms with van der Waals surface area (Å²) < 4.78 is 0. The van der Waals surface area contributed by atoms with Gasteiger partial charge in [-0.1, -0.05) is 55.4 Å². The lowest BCUT2D eigenvalue weighted by Gasteiger charge is -2.28. The predicted octanol–water partition coefficient (Wildman–Crippen LogP) is -4.91. The van der Waals surface area contributed by atoms with E-state index in [9.17, 15) is 68.1 Å². The lowest BCUT2D eigenvalue weighted by atomic mass is 9.99. The van der Waals surface area contributed by atoms with Crippen molar-refractivity contribution in [2.45, 2.75) is 149 Å². The molecule has 9 atom stereocenters. The van der Waals surface area contributed by atoms with E-state index in [-0.39, 0.29) is 43.6 Å². The van der Waals surface area contributed by atoms with E-state index < -0.39 is 145 Å². The number of carbonyl (C=O) groups excluding carboxylic acids is 10. The van der Waals surface area contributed by atoms with E-state index in [1.165, 1.54) is 6.92 Å². The molecule has 0 fully saturated rings. The second-order valence-corrected chi connectivity index (χ2v) is 17.6. The van der Waals surface area contributed by atoms with E-state index in [4.69, 9.17) is 11.5 Å². The lowest BCUT2D eigenvalue weighted by Crippen LogP contribution is -2.61. The minimum absolute atomic E-state index is 0.0112. The number of aliphatic carboxylic acids is 1. The molecule has 0 rings (SSSR count). The Hall–Kier alpha value is -5.95. The van der Waals surface area contributed by atoms with E-state index >= 15 is 0 Å². The third-order valence-electron chi connectivity index (χ3n) is 9.56. The Bertz CT molecular complexity index is 1710. The number of aliphatic hydroxyl groups is 2. The van der Waals surface area contributed by atoms with Crippen LogP contribution in [0.2, 0.25) is 0 Å². The van der Waals surface area contributed by atoms with Gasteiger partial charge < -0.3 is 74.6 Å². The molecule has 0 aliphatic rings. The molecule has 16 N–H and O–H groups in total. The fourth-order valence-corrected chi connectivity index (χ4v) is 6.15. The van der Waals surface area contributed by atoms with Crippen LogP contribution in [0.3, 0.4) is 0 Å². The molecule has 25 heteroatoms. The zero-order chi connectivity index (χ0) is 51.2. The summed E-state index contributed by atoms with van der Waals surface area (Å²) in [5.41, 5.74) is 10.6. The molecular weight excluding hydrogens is 871 g/mol. The van der Waals surface area contributed by atoms with Crippen LogP contribution >= 0.6 is 0 Å². The van der Waals surface area contributed by atoms with E-state index in [1.54, 1.807) is 55.4 Å². The summed E-state index contributed by atoms with van der Waals surface area (Å²) in [6, 6.07) is -11.3. The number of hydrogen-bond donors (Lipinski definition) is 14. The minimum atomic E-state index is -1.77. The maximum absolute atomic E-state index is 13.7. The molecule has 0 aromatic carbocycles. The number of nitrogens with one attached hydrogen (secondary N) is 9. The number of carbonyl (C=O) groups is 11. The van der Waals surface area contributed by atoms with Gasteiger partial charge in [-0.15, -0.1) is 0 Å². The van der Waals surface area contributed by atoms with E-state index in [2.05, 4.69) is 47.9 Å². The molecule has 0 aromatic heterocycles. The Labute approximate surface area is 384 Å². The molecule has 0 saturated heterocycles. The third-order valence-corrected chi connectivity index (χ3v) is 9.56. The van der Waals surface area contributed by atoms with Crippen molar-refractivity contribution >= 4 is 65.0 Å². The first-order valence-corrected chi connectivity index (χ1v) is 21.7. The SMILES string of the molecule is CC(C)CC(NC(=O)C(CC(N)=O)NC(=O)C(NC(=O)C(CC(C)C)NC(=O)C(CC(C)C)NC(=O)CNC(=O)C(CO)NC(=O)C(NC(=O)C(C)NC(=O)CN)C(C)C)C(C)O)C(=O)O. The first-order chi connectivity index (χ1) is 30.5.